The van der Waals surface area contributed by atoms with Gasteiger partial charge in [0.2, 0.25) is 0 Å². The van der Waals surface area contributed by atoms with E-state index in [9.17, 15) is 4.79 Å². The van der Waals surface area contributed by atoms with Crippen molar-refractivity contribution in [1.82, 2.24) is 0 Å². The zero-order chi connectivity index (χ0) is 15.5. The van der Waals surface area contributed by atoms with Gasteiger partial charge < -0.3 is 0 Å². The normalized spacial score (nSPS) is 18.4. The first-order valence-electron chi connectivity index (χ1n) is 7.35. The van der Waals surface area contributed by atoms with Crippen LogP contribution in [0.2, 0.25) is 0 Å². The summed E-state index contributed by atoms with van der Waals surface area (Å²) in [4.78, 5) is 13.4. The summed E-state index contributed by atoms with van der Waals surface area (Å²) in [6, 6.07) is 16.5. The molecule has 0 bridgehead atoms. The van der Waals surface area contributed by atoms with Crippen molar-refractivity contribution < 1.29 is 4.79 Å². The van der Waals surface area contributed by atoms with Gasteiger partial charge in [0.1, 0.15) is 0 Å². The van der Waals surface area contributed by atoms with Crippen LogP contribution in [0, 0.1) is 13.8 Å². The molecule has 1 aliphatic rings. The summed E-state index contributed by atoms with van der Waals surface area (Å²) >= 11 is 1.63. The van der Waals surface area contributed by atoms with Crippen molar-refractivity contribution in [2.45, 2.75) is 13.8 Å². The van der Waals surface area contributed by atoms with Crippen LogP contribution in [-0.2, 0) is 4.79 Å². The van der Waals surface area contributed by atoms with Gasteiger partial charge in [-0.1, -0.05) is 59.7 Å². The van der Waals surface area contributed by atoms with Crippen LogP contribution in [0.5, 0.6) is 0 Å². The van der Waals surface area contributed by atoms with Gasteiger partial charge in [0.25, 0.3) is 0 Å². The highest BCUT2D eigenvalue weighted by atomic mass is 32.2. The quantitative estimate of drug-likeness (QED) is 0.723. The summed E-state index contributed by atoms with van der Waals surface area (Å²) in [5.74, 6) is 0.915. The highest BCUT2D eigenvalue weighted by Crippen LogP contribution is 2.34. The molecule has 1 saturated heterocycles. The molecule has 1 heterocycles. The smallest absolute Gasteiger partial charge is 0.196 e. The molecule has 0 aliphatic carbocycles. The maximum absolute atomic E-state index is 12.5. The predicted octanol–water partition coefficient (Wildman–Crippen LogP) is 5.04. The fourth-order valence-corrected chi connectivity index (χ4v) is 3.54. The molecule has 0 radical (unpaired) electrons. The Morgan fingerprint density at radius 1 is 0.909 bits per heavy atom. The number of hydrogen-bond donors (Lipinski definition) is 0. The lowest BCUT2D eigenvalue weighted by atomic mass is 10.1. The third-order valence-electron chi connectivity index (χ3n) is 3.62. The summed E-state index contributed by atoms with van der Waals surface area (Å²) < 4.78 is 0. The number of carbonyl (C=O) groups excluding carboxylic acids is 1. The number of rotatable bonds is 2. The van der Waals surface area contributed by atoms with Crippen molar-refractivity contribution in [3.63, 3.8) is 0 Å². The van der Waals surface area contributed by atoms with E-state index in [-0.39, 0.29) is 5.78 Å². The molecule has 0 spiro atoms. The third kappa shape index (κ3) is 3.40. The van der Waals surface area contributed by atoms with E-state index >= 15 is 0 Å². The largest absolute Gasteiger partial charge is 0.288 e. The molecule has 0 N–H and O–H groups in total. The first-order valence-corrected chi connectivity index (χ1v) is 8.33. The molecule has 3 rings (SSSR count). The van der Waals surface area contributed by atoms with Crippen LogP contribution in [-0.4, -0.2) is 11.5 Å². The van der Waals surface area contributed by atoms with Crippen LogP contribution >= 0.6 is 11.8 Å². The molecule has 0 atom stereocenters. The number of hydrogen-bond acceptors (Lipinski definition) is 2. The van der Waals surface area contributed by atoms with Gasteiger partial charge in [-0.15, -0.1) is 11.8 Å². The highest BCUT2D eigenvalue weighted by Gasteiger charge is 2.23. The van der Waals surface area contributed by atoms with Gasteiger partial charge in [-0.25, -0.2) is 0 Å². The van der Waals surface area contributed by atoms with E-state index in [2.05, 4.69) is 38.1 Å². The number of carbonyl (C=O) groups is 1. The Kier molecular flexibility index (Phi) is 4.30. The van der Waals surface area contributed by atoms with Gasteiger partial charge in [-0.3, -0.25) is 4.79 Å². The number of allylic oxidation sites excluding steroid dienone is 1. The van der Waals surface area contributed by atoms with E-state index in [1.165, 1.54) is 11.1 Å². The molecule has 2 aromatic rings. The van der Waals surface area contributed by atoms with E-state index in [1.54, 1.807) is 11.8 Å². The monoisotopic (exact) mass is 306 g/mol. The Morgan fingerprint density at radius 2 is 1.50 bits per heavy atom. The maximum atomic E-state index is 12.5. The molecule has 22 heavy (non-hydrogen) atoms. The minimum atomic E-state index is 0.160. The SMILES string of the molecule is Cc1cccc(C=C2CSC(=Cc3cccc(C)c3)C2=O)c1. The minimum absolute atomic E-state index is 0.160. The second kappa shape index (κ2) is 6.37. The third-order valence-corrected chi connectivity index (χ3v) is 4.69. The van der Waals surface area contributed by atoms with Gasteiger partial charge in [0.05, 0.1) is 4.91 Å². The Labute approximate surface area is 135 Å². The first kappa shape index (κ1) is 14.9. The van der Waals surface area contributed by atoms with Gasteiger partial charge in [0, 0.05) is 11.3 Å². The van der Waals surface area contributed by atoms with E-state index in [4.69, 9.17) is 0 Å². The minimum Gasteiger partial charge on any atom is -0.288 e. The van der Waals surface area contributed by atoms with Crippen molar-refractivity contribution in [1.29, 1.82) is 0 Å². The van der Waals surface area contributed by atoms with Crippen LogP contribution < -0.4 is 0 Å². The first-order chi connectivity index (χ1) is 10.6. The Balaban J connectivity index is 1.86. The molecule has 0 amide bonds. The van der Waals surface area contributed by atoms with Gasteiger partial charge in [-0.05, 0) is 37.1 Å². The zero-order valence-corrected chi connectivity index (χ0v) is 13.6. The summed E-state index contributed by atoms with van der Waals surface area (Å²) in [6.45, 7) is 4.13. The molecule has 110 valence electrons. The van der Waals surface area contributed by atoms with Crippen molar-refractivity contribution >= 4 is 29.7 Å². The van der Waals surface area contributed by atoms with Crippen molar-refractivity contribution in [2.24, 2.45) is 0 Å². The number of ketones is 1. The standard InChI is InChI=1S/C20H18OS/c1-14-5-3-7-16(9-14)11-18-13-22-19(20(18)21)12-17-8-4-6-15(2)10-17/h3-12H,13H2,1-2H3. The van der Waals surface area contributed by atoms with Crippen LogP contribution in [0.3, 0.4) is 0 Å². The molecule has 1 fully saturated rings. The predicted molar refractivity (Wildman–Crippen MR) is 95.8 cm³/mol. The lowest BCUT2D eigenvalue weighted by Gasteiger charge is -1.99. The van der Waals surface area contributed by atoms with E-state index in [0.717, 1.165) is 27.4 Å². The fourth-order valence-electron chi connectivity index (χ4n) is 2.53. The average molecular weight is 306 g/mol. The molecule has 0 aromatic heterocycles. The number of benzene rings is 2. The highest BCUT2D eigenvalue weighted by molar-refractivity contribution is 8.05. The molecular formula is C20H18OS. The summed E-state index contributed by atoms with van der Waals surface area (Å²) in [5, 5.41) is 0. The molecular weight excluding hydrogens is 288 g/mol. The lowest BCUT2D eigenvalue weighted by molar-refractivity contribution is -0.111. The molecule has 2 aromatic carbocycles. The van der Waals surface area contributed by atoms with Crippen LogP contribution in [0.15, 0.2) is 59.0 Å². The molecule has 2 heteroatoms. The Bertz CT molecular complexity index is 718. The number of aryl methyl sites for hydroxylation is 2. The average Bonchev–Trinajstić information content (AvgIpc) is 2.80. The second-order valence-electron chi connectivity index (χ2n) is 5.62. The van der Waals surface area contributed by atoms with Crippen LogP contribution in [0.25, 0.3) is 12.2 Å². The summed E-state index contributed by atoms with van der Waals surface area (Å²) in [6.07, 6.45) is 4.01. The van der Waals surface area contributed by atoms with Gasteiger partial charge >= 0.3 is 0 Å². The number of Topliss-reactive ketones (excluding diaryl/α,β-unsaturated/α-hetero) is 1. The summed E-state index contributed by atoms with van der Waals surface area (Å²) in [5.41, 5.74) is 5.49. The Morgan fingerprint density at radius 3 is 2.09 bits per heavy atom. The van der Waals surface area contributed by atoms with Gasteiger partial charge in [0.15, 0.2) is 5.78 Å². The van der Waals surface area contributed by atoms with E-state index in [1.807, 2.05) is 36.4 Å². The van der Waals surface area contributed by atoms with Gasteiger partial charge in [-0.2, -0.15) is 0 Å². The van der Waals surface area contributed by atoms with Crippen LogP contribution in [0.1, 0.15) is 22.3 Å². The van der Waals surface area contributed by atoms with E-state index in [0.29, 0.717) is 0 Å². The van der Waals surface area contributed by atoms with Crippen LogP contribution in [0.4, 0.5) is 0 Å². The molecule has 1 nitrogen and oxygen atoms in total. The zero-order valence-electron chi connectivity index (χ0n) is 12.8. The second-order valence-corrected chi connectivity index (χ2v) is 6.64. The lowest BCUT2D eigenvalue weighted by Crippen LogP contribution is -1.96. The molecule has 0 unspecified atom stereocenters. The maximum Gasteiger partial charge on any atom is 0.196 e. The topological polar surface area (TPSA) is 17.1 Å². The summed E-state index contributed by atoms with van der Waals surface area (Å²) in [7, 11) is 0. The van der Waals surface area contributed by atoms with Crippen molar-refractivity contribution in [3.8, 4) is 0 Å². The number of thioether (sulfide) groups is 1. The van der Waals surface area contributed by atoms with Crippen molar-refractivity contribution in [2.75, 3.05) is 5.75 Å². The van der Waals surface area contributed by atoms with E-state index < -0.39 is 0 Å². The molecule has 0 saturated carbocycles. The Hall–Kier alpha value is -2.06. The van der Waals surface area contributed by atoms with Crippen molar-refractivity contribution in [3.05, 3.63) is 81.3 Å². The molecule has 1 aliphatic heterocycles. The fraction of sp³-hybridized carbons (Fsp3) is 0.150.